The second-order valence-corrected chi connectivity index (χ2v) is 4.61. The normalized spacial score (nSPS) is 12.0. The first-order chi connectivity index (χ1) is 9.02. The van der Waals surface area contributed by atoms with Crippen LogP contribution in [0.15, 0.2) is 22.8 Å². The number of rotatable bonds is 6. The minimum absolute atomic E-state index is 0.272. The Labute approximate surface area is 112 Å². The van der Waals surface area contributed by atoms with Crippen LogP contribution in [-0.2, 0) is 16.1 Å². The highest BCUT2D eigenvalue weighted by atomic mass is 16.5. The van der Waals surface area contributed by atoms with Crippen molar-refractivity contribution in [3.05, 3.63) is 24.2 Å². The van der Waals surface area contributed by atoms with Gasteiger partial charge in [0, 0.05) is 0 Å². The van der Waals surface area contributed by atoms with E-state index in [1.54, 1.807) is 12.1 Å². The van der Waals surface area contributed by atoms with Crippen LogP contribution in [0.3, 0.4) is 0 Å². The number of carbonyl (C=O) groups excluding carboxylic acids is 2. The molecule has 0 spiro atoms. The SMILES string of the molecule is COC(=O)C(CC(C)C)NC(=O)NCc1ccco1. The molecule has 1 rings (SSSR count). The van der Waals surface area contributed by atoms with Crippen molar-refractivity contribution in [2.45, 2.75) is 32.9 Å². The number of carbonyl (C=O) groups is 2. The van der Waals surface area contributed by atoms with E-state index >= 15 is 0 Å². The third-order valence-electron chi connectivity index (χ3n) is 2.50. The van der Waals surface area contributed by atoms with Crippen molar-refractivity contribution in [2.75, 3.05) is 7.11 Å². The van der Waals surface area contributed by atoms with E-state index in [1.165, 1.54) is 13.4 Å². The molecule has 0 aliphatic rings. The predicted molar refractivity (Wildman–Crippen MR) is 69.3 cm³/mol. The van der Waals surface area contributed by atoms with Gasteiger partial charge in [0.05, 0.1) is 19.9 Å². The summed E-state index contributed by atoms with van der Waals surface area (Å²) in [6, 6.07) is 2.44. The van der Waals surface area contributed by atoms with Crippen LogP contribution in [0.25, 0.3) is 0 Å². The van der Waals surface area contributed by atoms with Crippen molar-refractivity contribution >= 4 is 12.0 Å². The molecular weight excluding hydrogens is 248 g/mol. The van der Waals surface area contributed by atoms with Crippen molar-refractivity contribution in [1.82, 2.24) is 10.6 Å². The Kier molecular flexibility index (Phi) is 5.92. The predicted octanol–water partition coefficient (Wildman–Crippen LogP) is 1.67. The summed E-state index contributed by atoms with van der Waals surface area (Å²) in [6.07, 6.45) is 2.06. The summed E-state index contributed by atoms with van der Waals surface area (Å²) in [7, 11) is 1.30. The van der Waals surface area contributed by atoms with Crippen LogP contribution >= 0.6 is 0 Å². The molecule has 1 atom stereocenters. The van der Waals surface area contributed by atoms with E-state index in [0.717, 1.165) is 0 Å². The Balaban J connectivity index is 2.44. The third kappa shape index (κ3) is 5.46. The molecule has 2 amide bonds. The average molecular weight is 268 g/mol. The molecule has 1 unspecified atom stereocenters. The topological polar surface area (TPSA) is 80.6 Å². The van der Waals surface area contributed by atoms with Gasteiger partial charge in [0.25, 0.3) is 0 Å². The second-order valence-electron chi connectivity index (χ2n) is 4.61. The lowest BCUT2D eigenvalue weighted by Gasteiger charge is -2.18. The van der Waals surface area contributed by atoms with Crippen LogP contribution in [0.4, 0.5) is 4.79 Å². The highest BCUT2D eigenvalue weighted by molar-refractivity contribution is 5.83. The molecule has 19 heavy (non-hydrogen) atoms. The summed E-state index contributed by atoms with van der Waals surface area (Å²) in [4.78, 5) is 23.2. The molecule has 0 radical (unpaired) electrons. The van der Waals surface area contributed by atoms with Crippen LogP contribution in [0, 0.1) is 5.92 Å². The smallest absolute Gasteiger partial charge is 0.328 e. The monoisotopic (exact) mass is 268 g/mol. The lowest BCUT2D eigenvalue weighted by atomic mass is 10.0. The van der Waals surface area contributed by atoms with Crippen molar-refractivity contribution in [3.63, 3.8) is 0 Å². The van der Waals surface area contributed by atoms with Gasteiger partial charge in [-0.15, -0.1) is 0 Å². The van der Waals surface area contributed by atoms with Crippen LogP contribution in [0.1, 0.15) is 26.0 Å². The van der Waals surface area contributed by atoms with Crippen molar-refractivity contribution in [2.24, 2.45) is 5.92 Å². The van der Waals surface area contributed by atoms with Gasteiger partial charge in [0.2, 0.25) is 0 Å². The summed E-state index contributed by atoms with van der Waals surface area (Å²) >= 11 is 0. The standard InChI is InChI=1S/C13H20N2O4/c1-9(2)7-11(12(16)18-3)15-13(17)14-8-10-5-4-6-19-10/h4-6,9,11H,7-8H2,1-3H3,(H2,14,15,17). The molecule has 0 aromatic carbocycles. The highest BCUT2D eigenvalue weighted by Gasteiger charge is 2.22. The zero-order valence-electron chi connectivity index (χ0n) is 11.4. The third-order valence-corrected chi connectivity index (χ3v) is 2.50. The molecule has 2 N–H and O–H groups in total. The zero-order chi connectivity index (χ0) is 14.3. The summed E-state index contributed by atoms with van der Waals surface area (Å²) < 4.78 is 9.75. The molecule has 0 fully saturated rings. The van der Waals surface area contributed by atoms with E-state index in [-0.39, 0.29) is 12.5 Å². The van der Waals surface area contributed by atoms with Gasteiger partial charge in [-0.05, 0) is 24.5 Å². The van der Waals surface area contributed by atoms with Crippen molar-refractivity contribution in [1.29, 1.82) is 0 Å². The minimum Gasteiger partial charge on any atom is -0.467 e. The van der Waals surface area contributed by atoms with Gasteiger partial charge in [0.1, 0.15) is 11.8 Å². The molecule has 0 aliphatic heterocycles. The van der Waals surface area contributed by atoms with Gasteiger partial charge >= 0.3 is 12.0 Å². The summed E-state index contributed by atoms with van der Waals surface area (Å²) in [5, 5.41) is 5.21. The number of urea groups is 1. The number of ether oxygens (including phenoxy) is 1. The molecule has 6 heteroatoms. The van der Waals surface area contributed by atoms with Gasteiger partial charge in [-0.1, -0.05) is 13.8 Å². The summed E-state index contributed by atoms with van der Waals surface area (Å²) in [6.45, 7) is 4.21. The maximum absolute atomic E-state index is 11.7. The molecule has 1 aromatic rings. The largest absolute Gasteiger partial charge is 0.467 e. The van der Waals surface area contributed by atoms with E-state index in [0.29, 0.717) is 12.2 Å². The molecule has 1 heterocycles. The fourth-order valence-corrected chi connectivity index (χ4v) is 1.62. The number of methoxy groups -OCH3 is 1. The number of amides is 2. The van der Waals surface area contributed by atoms with Gasteiger partial charge < -0.3 is 19.8 Å². The molecule has 106 valence electrons. The highest BCUT2D eigenvalue weighted by Crippen LogP contribution is 2.06. The van der Waals surface area contributed by atoms with Crippen molar-refractivity contribution in [3.8, 4) is 0 Å². The summed E-state index contributed by atoms with van der Waals surface area (Å²) in [5.74, 6) is 0.477. The fourth-order valence-electron chi connectivity index (χ4n) is 1.62. The van der Waals surface area contributed by atoms with Crippen LogP contribution in [-0.4, -0.2) is 25.2 Å². The Morgan fingerprint density at radius 1 is 1.42 bits per heavy atom. The fraction of sp³-hybridized carbons (Fsp3) is 0.538. The van der Waals surface area contributed by atoms with Crippen LogP contribution < -0.4 is 10.6 Å². The first-order valence-electron chi connectivity index (χ1n) is 6.17. The number of esters is 1. The van der Waals surface area contributed by atoms with E-state index in [4.69, 9.17) is 4.42 Å². The average Bonchev–Trinajstić information content (AvgIpc) is 2.87. The van der Waals surface area contributed by atoms with Gasteiger partial charge in [-0.3, -0.25) is 0 Å². The Morgan fingerprint density at radius 2 is 2.16 bits per heavy atom. The second kappa shape index (κ2) is 7.45. The van der Waals surface area contributed by atoms with Crippen LogP contribution in [0.5, 0.6) is 0 Å². The molecular formula is C13H20N2O4. The minimum atomic E-state index is -0.637. The van der Waals surface area contributed by atoms with Gasteiger partial charge in [-0.2, -0.15) is 0 Å². The summed E-state index contributed by atoms with van der Waals surface area (Å²) in [5.41, 5.74) is 0. The lowest BCUT2D eigenvalue weighted by molar-refractivity contribution is -0.143. The Morgan fingerprint density at radius 3 is 2.68 bits per heavy atom. The zero-order valence-corrected chi connectivity index (χ0v) is 11.4. The maximum Gasteiger partial charge on any atom is 0.328 e. The Hall–Kier alpha value is -1.98. The molecule has 0 saturated carbocycles. The molecule has 1 aromatic heterocycles. The van der Waals surface area contributed by atoms with E-state index in [2.05, 4.69) is 15.4 Å². The number of furan rings is 1. The molecule has 6 nitrogen and oxygen atoms in total. The first-order valence-corrected chi connectivity index (χ1v) is 6.17. The molecule has 0 bridgehead atoms. The number of hydrogen-bond acceptors (Lipinski definition) is 4. The molecule has 0 saturated heterocycles. The van der Waals surface area contributed by atoms with E-state index < -0.39 is 18.0 Å². The first kappa shape index (κ1) is 15.1. The number of nitrogens with one attached hydrogen (secondary N) is 2. The van der Waals surface area contributed by atoms with Crippen molar-refractivity contribution < 1.29 is 18.7 Å². The van der Waals surface area contributed by atoms with Gasteiger partial charge in [-0.25, -0.2) is 9.59 Å². The van der Waals surface area contributed by atoms with Crippen LogP contribution in [0.2, 0.25) is 0 Å². The van der Waals surface area contributed by atoms with E-state index in [1.807, 2.05) is 13.8 Å². The lowest BCUT2D eigenvalue weighted by Crippen LogP contribution is -2.46. The molecule has 0 aliphatic carbocycles. The van der Waals surface area contributed by atoms with Gasteiger partial charge in [0.15, 0.2) is 0 Å². The Bertz CT molecular complexity index is 401. The van der Waals surface area contributed by atoms with E-state index in [9.17, 15) is 9.59 Å². The maximum atomic E-state index is 11.7. The number of hydrogen-bond donors (Lipinski definition) is 2. The quantitative estimate of drug-likeness (QED) is 0.769.